The Morgan fingerprint density at radius 2 is 1.64 bits per heavy atom. The maximum absolute atomic E-state index is 11.6. The third-order valence-corrected chi connectivity index (χ3v) is 10.4. The maximum Gasteiger partial charge on any atom is 0.306 e. The van der Waals surface area contributed by atoms with Gasteiger partial charge in [0.25, 0.3) is 0 Å². The highest BCUT2D eigenvalue weighted by Crippen LogP contribution is 2.39. The molecule has 0 aromatic heterocycles. The number of unbranched alkanes of at least 4 members (excludes halogenated alkanes) is 7. The molecule has 25 heavy (non-hydrogen) atoms. The van der Waals surface area contributed by atoms with Crippen LogP contribution in [0.25, 0.3) is 0 Å². The first-order valence-corrected chi connectivity index (χ1v) is 13.5. The summed E-state index contributed by atoms with van der Waals surface area (Å²) >= 11 is 0. The second-order valence-corrected chi connectivity index (χ2v) is 14.0. The van der Waals surface area contributed by atoms with E-state index in [1.807, 2.05) is 0 Å². The van der Waals surface area contributed by atoms with Crippen molar-refractivity contribution in [1.29, 1.82) is 0 Å². The van der Waals surface area contributed by atoms with E-state index >= 15 is 0 Å². The van der Waals surface area contributed by atoms with Crippen molar-refractivity contribution in [3.8, 4) is 0 Å². The molecule has 0 N–H and O–H groups in total. The molecule has 0 spiro atoms. The summed E-state index contributed by atoms with van der Waals surface area (Å²) in [5, 5.41) is 0.188. The summed E-state index contributed by atoms with van der Waals surface area (Å²) in [5.41, 5.74) is 0. The van der Waals surface area contributed by atoms with Crippen molar-refractivity contribution in [3.63, 3.8) is 0 Å². The molecule has 0 aliphatic carbocycles. The molecule has 1 saturated heterocycles. The lowest BCUT2D eigenvalue weighted by Gasteiger charge is -2.40. The van der Waals surface area contributed by atoms with Crippen molar-refractivity contribution < 1.29 is 14.0 Å². The van der Waals surface area contributed by atoms with Gasteiger partial charge in [-0.3, -0.25) is 4.79 Å². The summed E-state index contributed by atoms with van der Waals surface area (Å²) in [6.07, 6.45) is 13.0. The van der Waals surface area contributed by atoms with Crippen molar-refractivity contribution in [1.82, 2.24) is 0 Å². The van der Waals surface area contributed by atoms with E-state index in [1.54, 1.807) is 0 Å². The molecular weight excluding hydrogens is 328 g/mol. The van der Waals surface area contributed by atoms with E-state index in [0.29, 0.717) is 6.42 Å². The molecule has 4 heteroatoms. The monoisotopic (exact) mass is 370 g/mol. The van der Waals surface area contributed by atoms with Crippen LogP contribution in [0.3, 0.4) is 0 Å². The second kappa shape index (κ2) is 10.7. The van der Waals surface area contributed by atoms with Gasteiger partial charge in [-0.25, -0.2) is 0 Å². The Bertz CT molecular complexity index is 387. The molecule has 0 bridgehead atoms. The Balaban J connectivity index is 2.43. The largest absolute Gasteiger partial charge is 0.460 e. The molecule has 1 aliphatic heterocycles. The van der Waals surface area contributed by atoms with E-state index in [2.05, 4.69) is 40.8 Å². The highest BCUT2D eigenvalue weighted by molar-refractivity contribution is 6.74. The lowest BCUT2D eigenvalue weighted by Crippen LogP contribution is -2.47. The summed E-state index contributed by atoms with van der Waals surface area (Å²) in [7, 11) is -1.84. The topological polar surface area (TPSA) is 35.5 Å². The molecule has 0 saturated carbocycles. The predicted octanol–water partition coefficient (Wildman–Crippen LogP) is 6.61. The lowest BCUT2D eigenvalue weighted by molar-refractivity contribution is -0.145. The number of rotatable bonds is 12. The minimum atomic E-state index is -1.84. The Morgan fingerprint density at radius 1 is 1.08 bits per heavy atom. The molecule has 1 heterocycles. The minimum absolute atomic E-state index is 0.0221. The first kappa shape index (κ1) is 22.7. The molecule has 0 aromatic carbocycles. The van der Waals surface area contributed by atoms with Crippen LogP contribution in [0.4, 0.5) is 0 Å². The zero-order valence-corrected chi connectivity index (χ0v) is 18.7. The fourth-order valence-corrected chi connectivity index (χ4v) is 4.54. The molecule has 0 aromatic rings. The second-order valence-electron chi connectivity index (χ2n) is 9.25. The average Bonchev–Trinajstić information content (AvgIpc) is 2.94. The van der Waals surface area contributed by atoms with E-state index in [1.165, 1.54) is 51.4 Å². The van der Waals surface area contributed by atoms with Crippen LogP contribution in [0.2, 0.25) is 18.1 Å². The van der Waals surface area contributed by atoms with Crippen LogP contribution in [0.5, 0.6) is 0 Å². The number of ether oxygens (including phenoxy) is 1. The smallest absolute Gasteiger partial charge is 0.306 e. The van der Waals surface area contributed by atoms with E-state index in [0.717, 1.165) is 12.8 Å². The van der Waals surface area contributed by atoms with E-state index in [4.69, 9.17) is 9.16 Å². The van der Waals surface area contributed by atoms with Crippen molar-refractivity contribution in [3.05, 3.63) is 0 Å². The minimum Gasteiger partial charge on any atom is -0.460 e. The van der Waals surface area contributed by atoms with Gasteiger partial charge in [-0.1, -0.05) is 79.1 Å². The van der Waals surface area contributed by atoms with Crippen molar-refractivity contribution in [2.75, 3.05) is 0 Å². The summed E-state index contributed by atoms with van der Waals surface area (Å²) in [5.74, 6) is -0.0512. The number of carbonyl (C=O) groups is 1. The molecule has 0 amide bonds. The Kier molecular flexibility index (Phi) is 9.72. The van der Waals surface area contributed by atoms with Crippen LogP contribution >= 0.6 is 0 Å². The zero-order valence-electron chi connectivity index (χ0n) is 17.7. The van der Waals surface area contributed by atoms with E-state index in [-0.39, 0.29) is 23.2 Å². The standard InChI is InChI=1S/C21H42O3Si/c1-7-8-9-10-11-12-13-14-15-19(18-16-17-20(22)23-18)24-25(5,6)21(2,3)4/h18-19H,7-17H2,1-6H3/t18-,19-/m0/s1. The Morgan fingerprint density at radius 3 is 2.12 bits per heavy atom. The first-order valence-electron chi connectivity index (χ1n) is 10.5. The first-order chi connectivity index (χ1) is 11.7. The highest BCUT2D eigenvalue weighted by Gasteiger charge is 2.42. The zero-order chi connectivity index (χ0) is 18.9. The van der Waals surface area contributed by atoms with Gasteiger partial charge >= 0.3 is 5.97 Å². The average molecular weight is 371 g/mol. The lowest BCUT2D eigenvalue weighted by atomic mass is 10.0. The molecule has 148 valence electrons. The Hall–Kier alpha value is -0.353. The normalized spacial score (nSPS) is 19.9. The molecule has 1 rings (SSSR count). The molecule has 2 atom stereocenters. The number of esters is 1. The number of hydrogen-bond donors (Lipinski definition) is 0. The van der Waals surface area contributed by atoms with Crippen LogP contribution < -0.4 is 0 Å². The fraction of sp³-hybridized carbons (Fsp3) is 0.952. The van der Waals surface area contributed by atoms with Crippen molar-refractivity contribution in [2.24, 2.45) is 0 Å². The van der Waals surface area contributed by atoms with Crippen LogP contribution in [0.15, 0.2) is 0 Å². The summed E-state index contributed by atoms with van der Waals surface area (Å²) in [6.45, 7) is 13.7. The summed E-state index contributed by atoms with van der Waals surface area (Å²) < 4.78 is 12.2. The van der Waals surface area contributed by atoms with Crippen LogP contribution in [-0.2, 0) is 14.0 Å². The van der Waals surface area contributed by atoms with Gasteiger partial charge in [-0.15, -0.1) is 0 Å². The molecule has 1 fully saturated rings. The van der Waals surface area contributed by atoms with Gasteiger partial charge in [0.05, 0.1) is 6.10 Å². The van der Waals surface area contributed by atoms with Gasteiger partial charge in [0.1, 0.15) is 6.10 Å². The molecular formula is C21H42O3Si. The van der Waals surface area contributed by atoms with Gasteiger partial charge in [-0.2, -0.15) is 0 Å². The number of carbonyl (C=O) groups excluding carboxylic acids is 1. The molecule has 0 unspecified atom stereocenters. The maximum atomic E-state index is 11.6. The van der Waals surface area contributed by atoms with Gasteiger partial charge in [0.2, 0.25) is 0 Å². The molecule has 1 aliphatic rings. The quantitative estimate of drug-likeness (QED) is 0.220. The third kappa shape index (κ3) is 8.25. The molecule has 3 nitrogen and oxygen atoms in total. The van der Waals surface area contributed by atoms with Gasteiger partial charge in [0, 0.05) is 6.42 Å². The number of cyclic esters (lactones) is 1. The van der Waals surface area contributed by atoms with Gasteiger partial charge in [-0.05, 0) is 31.0 Å². The summed E-state index contributed by atoms with van der Waals surface area (Å²) in [6, 6.07) is 0. The summed E-state index contributed by atoms with van der Waals surface area (Å²) in [4.78, 5) is 11.6. The van der Waals surface area contributed by atoms with Crippen molar-refractivity contribution >= 4 is 14.3 Å². The van der Waals surface area contributed by atoms with Crippen LogP contribution in [-0.4, -0.2) is 26.5 Å². The van der Waals surface area contributed by atoms with Gasteiger partial charge < -0.3 is 9.16 Å². The predicted molar refractivity (Wildman–Crippen MR) is 108 cm³/mol. The van der Waals surface area contributed by atoms with Crippen molar-refractivity contribution in [2.45, 2.75) is 129 Å². The van der Waals surface area contributed by atoms with Crippen LogP contribution in [0.1, 0.15) is 98.3 Å². The Labute approximate surface area is 157 Å². The molecule has 0 radical (unpaired) electrons. The SMILES string of the molecule is CCCCCCCCCC[C@H](O[Si](C)(C)C(C)(C)C)[C@@H]1CCC(=O)O1. The third-order valence-electron chi connectivity index (χ3n) is 5.92. The van der Waals surface area contributed by atoms with Gasteiger partial charge in [0.15, 0.2) is 8.32 Å². The van der Waals surface area contributed by atoms with E-state index in [9.17, 15) is 4.79 Å². The van der Waals surface area contributed by atoms with Crippen LogP contribution in [0, 0.1) is 0 Å². The van der Waals surface area contributed by atoms with E-state index < -0.39 is 8.32 Å². The fourth-order valence-electron chi connectivity index (χ4n) is 3.16. The number of hydrogen-bond acceptors (Lipinski definition) is 3. The highest BCUT2D eigenvalue weighted by atomic mass is 28.4.